The summed E-state index contributed by atoms with van der Waals surface area (Å²) < 4.78 is 7.84. The van der Waals surface area contributed by atoms with Crippen LogP contribution in [-0.2, 0) is 0 Å². The number of nitrogens with two attached hydrogens (primary N) is 1. The summed E-state index contributed by atoms with van der Waals surface area (Å²) in [6, 6.07) is 9.67. The molecule has 3 rings (SSSR count). The summed E-state index contributed by atoms with van der Waals surface area (Å²) in [6.45, 7) is 3.95. The van der Waals surface area contributed by atoms with Gasteiger partial charge in [0.1, 0.15) is 5.75 Å². The summed E-state index contributed by atoms with van der Waals surface area (Å²) in [6.07, 6.45) is 3.76. The lowest BCUT2D eigenvalue weighted by atomic mass is 10.2. The van der Waals surface area contributed by atoms with Crippen LogP contribution in [-0.4, -0.2) is 9.38 Å². The average Bonchev–Trinajstić information content (AvgIpc) is 2.72. The van der Waals surface area contributed by atoms with E-state index in [9.17, 15) is 0 Å². The van der Waals surface area contributed by atoms with Gasteiger partial charge in [0.2, 0.25) is 0 Å². The summed E-state index contributed by atoms with van der Waals surface area (Å²) in [7, 11) is 0. The van der Waals surface area contributed by atoms with E-state index in [1.165, 1.54) is 0 Å². The molecule has 19 heavy (non-hydrogen) atoms. The molecule has 0 aliphatic carbocycles. The van der Waals surface area contributed by atoms with Crippen LogP contribution in [0.15, 0.2) is 42.7 Å². The van der Waals surface area contributed by atoms with Crippen LogP contribution in [0.3, 0.4) is 0 Å². The summed E-state index contributed by atoms with van der Waals surface area (Å²) in [4.78, 5) is 4.46. The number of pyridine rings is 1. The van der Waals surface area contributed by atoms with Crippen molar-refractivity contribution in [1.29, 1.82) is 0 Å². The first-order valence-corrected chi connectivity index (χ1v) is 6.12. The second kappa shape index (κ2) is 4.31. The van der Waals surface area contributed by atoms with Gasteiger partial charge in [0.25, 0.3) is 0 Å². The molecule has 4 heteroatoms. The monoisotopic (exact) mass is 253 g/mol. The van der Waals surface area contributed by atoms with Crippen molar-refractivity contribution in [2.75, 3.05) is 5.73 Å². The normalized spacial score (nSPS) is 10.8. The Kier molecular flexibility index (Phi) is 2.63. The molecule has 0 atom stereocenters. The second-order valence-corrected chi connectivity index (χ2v) is 4.62. The minimum atomic E-state index is 0.647. The molecule has 2 N–H and O–H groups in total. The highest BCUT2D eigenvalue weighted by Gasteiger charge is 2.09. The first-order valence-electron chi connectivity index (χ1n) is 6.12. The lowest BCUT2D eigenvalue weighted by Gasteiger charge is -2.10. The molecule has 0 saturated carbocycles. The van der Waals surface area contributed by atoms with Crippen LogP contribution in [0.4, 0.5) is 5.69 Å². The molecule has 2 heterocycles. The van der Waals surface area contributed by atoms with E-state index in [-0.39, 0.29) is 0 Å². The average molecular weight is 253 g/mol. The minimum Gasteiger partial charge on any atom is -0.453 e. The number of rotatable bonds is 2. The van der Waals surface area contributed by atoms with Gasteiger partial charge in [0, 0.05) is 18.5 Å². The number of anilines is 1. The van der Waals surface area contributed by atoms with Gasteiger partial charge in [-0.15, -0.1) is 0 Å². The fraction of sp³-hybridized carbons (Fsp3) is 0.133. The quantitative estimate of drug-likeness (QED) is 0.762. The van der Waals surface area contributed by atoms with Gasteiger partial charge in [-0.25, -0.2) is 4.98 Å². The Morgan fingerprint density at radius 3 is 2.68 bits per heavy atom. The first kappa shape index (κ1) is 11.6. The number of nitrogen functional groups attached to an aromatic ring is 1. The summed E-state index contributed by atoms with van der Waals surface area (Å²) in [5.74, 6) is 1.48. The molecule has 0 aliphatic heterocycles. The molecule has 0 bridgehead atoms. The van der Waals surface area contributed by atoms with Gasteiger partial charge >= 0.3 is 0 Å². The summed E-state index contributed by atoms with van der Waals surface area (Å²) in [5.41, 5.74) is 9.32. The third kappa shape index (κ3) is 2.12. The molecular weight excluding hydrogens is 238 g/mol. The molecule has 96 valence electrons. The van der Waals surface area contributed by atoms with E-state index < -0.39 is 0 Å². The van der Waals surface area contributed by atoms with Gasteiger partial charge in [0.05, 0.1) is 11.4 Å². The van der Waals surface area contributed by atoms with Crippen LogP contribution in [0, 0.1) is 13.8 Å². The largest absolute Gasteiger partial charge is 0.453 e. The van der Waals surface area contributed by atoms with E-state index in [4.69, 9.17) is 10.5 Å². The standard InChI is InChI=1S/C15H15N3O/c1-10-5-3-4-6-13(10)19-14-7-12(16)9-18-8-11(2)17-15(14)18/h3-9H,16H2,1-2H3. The zero-order valence-electron chi connectivity index (χ0n) is 10.9. The lowest BCUT2D eigenvalue weighted by molar-refractivity contribution is 0.481. The predicted octanol–water partition coefficient (Wildman–Crippen LogP) is 3.33. The summed E-state index contributed by atoms with van der Waals surface area (Å²) in [5, 5.41) is 0. The third-order valence-electron chi connectivity index (χ3n) is 2.97. The number of imidazole rings is 1. The van der Waals surface area contributed by atoms with Crippen molar-refractivity contribution < 1.29 is 4.74 Å². The Balaban J connectivity index is 2.12. The molecule has 0 spiro atoms. The van der Waals surface area contributed by atoms with E-state index in [0.717, 1.165) is 22.7 Å². The Hall–Kier alpha value is -2.49. The van der Waals surface area contributed by atoms with Crippen LogP contribution in [0.5, 0.6) is 11.5 Å². The molecule has 1 aromatic carbocycles. The van der Waals surface area contributed by atoms with E-state index in [0.29, 0.717) is 11.4 Å². The maximum absolute atomic E-state index is 5.95. The van der Waals surface area contributed by atoms with Gasteiger partial charge in [0.15, 0.2) is 11.4 Å². The van der Waals surface area contributed by atoms with Crippen LogP contribution >= 0.6 is 0 Å². The maximum Gasteiger partial charge on any atom is 0.180 e. The fourth-order valence-electron chi connectivity index (χ4n) is 2.08. The number of nitrogens with zero attached hydrogens (tertiary/aromatic N) is 2. The number of aromatic nitrogens is 2. The molecule has 0 radical (unpaired) electrons. The Morgan fingerprint density at radius 2 is 1.89 bits per heavy atom. The lowest BCUT2D eigenvalue weighted by Crippen LogP contribution is -1.95. The number of hydrogen-bond donors (Lipinski definition) is 1. The highest BCUT2D eigenvalue weighted by atomic mass is 16.5. The molecule has 0 unspecified atom stereocenters. The summed E-state index contributed by atoms with van der Waals surface area (Å²) >= 11 is 0. The van der Waals surface area contributed by atoms with Crippen molar-refractivity contribution >= 4 is 11.3 Å². The van der Waals surface area contributed by atoms with Crippen LogP contribution < -0.4 is 10.5 Å². The molecule has 4 nitrogen and oxygen atoms in total. The van der Waals surface area contributed by atoms with Crippen molar-refractivity contribution in [2.45, 2.75) is 13.8 Å². The van der Waals surface area contributed by atoms with Gasteiger partial charge in [-0.05, 0) is 25.5 Å². The maximum atomic E-state index is 5.95. The molecular formula is C15H15N3O. The smallest absolute Gasteiger partial charge is 0.180 e. The number of ether oxygens (including phenoxy) is 1. The van der Waals surface area contributed by atoms with Gasteiger partial charge in [-0.2, -0.15) is 0 Å². The number of benzene rings is 1. The van der Waals surface area contributed by atoms with Crippen molar-refractivity contribution in [3.63, 3.8) is 0 Å². The SMILES string of the molecule is Cc1cn2cc(N)cc(Oc3ccccc3C)c2n1. The van der Waals surface area contributed by atoms with Gasteiger partial charge < -0.3 is 14.9 Å². The van der Waals surface area contributed by atoms with Crippen LogP contribution in [0.1, 0.15) is 11.3 Å². The van der Waals surface area contributed by atoms with E-state index in [1.807, 2.05) is 54.9 Å². The van der Waals surface area contributed by atoms with Gasteiger partial charge in [-0.3, -0.25) is 0 Å². The molecule has 0 amide bonds. The third-order valence-corrected chi connectivity index (χ3v) is 2.97. The highest BCUT2D eigenvalue weighted by molar-refractivity contribution is 5.61. The minimum absolute atomic E-state index is 0.647. The van der Waals surface area contributed by atoms with Gasteiger partial charge in [-0.1, -0.05) is 18.2 Å². The topological polar surface area (TPSA) is 52.5 Å². The van der Waals surface area contributed by atoms with Crippen LogP contribution in [0.2, 0.25) is 0 Å². The number of aryl methyl sites for hydroxylation is 2. The highest BCUT2D eigenvalue weighted by Crippen LogP contribution is 2.29. The Labute approximate surface area is 111 Å². The molecule has 2 aromatic heterocycles. The second-order valence-electron chi connectivity index (χ2n) is 4.62. The molecule has 0 aliphatic rings. The molecule has 0 fully saturated rings. The zero-order valence-corrected chi connectivity index (χ0v) is 10.9. The molecule has 3 aromatic rings. The van der Waals surface area contributed by atoms with E-state index in [1.54, 1.807) is 6.07 Å². The molecule has 0 saturated heterocycles. The predicted molar refractivity (Wildman–Crippen MR) is 75.6 cm³/mol. The number of fused-ring (bicyclic) bond motifs is 1. The van der Waals surface area contributed by atoms with Crippen molar-refractivity contribution in [3.05, 3.63) is 54.0 Å². The number of hydrogen-bond acceptors (Lipinski definition) is 3. The van der Waals surface area contributed by atoms with Crippen molar-refractivity contribution in [3.8, 4) is 11.5 Å². The number of para-hydroxylation sites is 1. The van der Waals surface area contributed by atoms with Crippen molar-refractivity contribution in [2.24, 2.45) is 0 Å². The Bertz CT molecular complexity index is 746. The van der Waals surface area contributed by atoms with Crippen LogP contribution in [0.25, 0.3) is 5.65 Å². The Morgan fingerprint density at radius 1 is 1.11 bits per heavy atom. The zero-order chi connectivity index (χ0) is 13.4. The van der Waals surface area contributed by atoms with E-state index >= 15 is 0 Å². The fourth-order valence-corrected chi connectivity index (χ4v) is 2.08. The van der Waals surface area contributed by atoms with Crippen molar-refractivity contribution in [1.82, 2.24) is 9.38 Å². The first-order chi connectivity index (χ1) is 9.13. The van der Waals surface area contributed by atoms with E-state index in [2.05, 4.69) is 4.98 Å².